The molecule has 0 amide bonds. The summed E-state index contributed by atoms with van der Waals surface area (Å²) in [6.45, 7) is 4.43. The van der Waals surface area contributed by atoms with Gasteiger partial charge >= 0.3 is 0 Å². The van der Waals surface area contributed by atoms with Crippen molar-refractivity contribution in [3.05, 3.63) is 36.0 Å². The summed E-state index contributed by atoms with van der Waals surface area (Å²) in [5.41, 5.74) is 8.68. The molecule has 2 nitrogen and oxygen atoms in total. The Kier molecular flexibility index (Phi) is 3.30. The summed E-state index contributed by atoms with van der Waals surface area (Å²) < 4.78 is 0. The fourth-order valence-corrected chi connectivity index (χ4v) is 2.27. The van der Waals surface area contributed by atoms with Crippen LogP contribution in [0.25, 0.3) is 10.9 Å². The van der Waals surface area contributed by atoms with Crippen LogP contribution in [0.2, 0.25) is 0 Å². The van der Waals surface area contributed by atoms with Crippen molar-refractivity contribution in [2.45, 2.75) is 32.7 Å². The first kappa shape index (κ1) is 11.2. The molecule has 1 aromatic heterocycles. The molecule has 0 saturated heterocycles. The average Bonchev–Trinajstić information content (AvgIpc) is 2.61. The average molecular weight is 216 g/mol. The summed E-state index contributed by atoms with van der Waals surface area (Å²) in [4.78, 5) is 3.29. The number of fused-ring (bicyclic) bond motifs is 1. The van der Waals surface area contributed by atoms with Crippen molar-refractivity contribution in [2.75, 3.05) is 0 Å². The topological polar surface area (TPSA) is 41.8 Å². The maximum absolute atomic E-state index is 6.14. The van der Waals surface area contributed by atoms with Gasteiger partial charge in [-0.15, -0.1) is 0 Å². The van der Waals surface area contributed by atoms with Gasteiger partial charge in [0.15, 0.2) is 0 Å². The van der Waals surface area contributed by atoms with Gasteiger partial charge in [0.1, 0.15) is 0 Å². The van der Waals surface area contributed by atoms with E-state index in [9.17, 15) is 0 Å². The van der Waals surface area contributed by atoms with E-state index in [0.717, 1.165) is 12.8 Å². The van der Waals surface area contributed by atoms with Crippen LogP contribution in [0.1, 0.15) is 25.8 Å². The first-order valence-corrected chi connectivity index (χ1v) is 5.97. The van der Waals surface area contributed by atoms with Crippen molar-refractivity contribution < 1.29 is 0 Å². The molecule has 86 valence electrons. The summed E-state index contributed by atoms with van der Waals surface area (Å²) in [7, 11) is 0. The van der Waals surface area contributed by atoms with E-state index in [4.69, 9.17) is 5.73 Å². The molecule has 1 aromatic carbocycles. The third-order valence-corrected chi connectivity index (χ3v) is 2.93. The van der Waals surface area contributed by atoms with Gasteiger partial charge in [0.05, 0.1) is 0 Å². The van der Waals surface area contributed by atoms with E-state index < -0.39 is 0 Å². The number of hydrogen-bond acceptors (Lipinski definition) is 1. The van der Waals surface area contributed by atoms with Crippen LogP contribution in [0.3, 0.4) is 0 Å². The minimum Gasteiger partial charge on any atom is -0.361 e. The van der Waals surface area contributed by atoms with Crippen LogP contribution in [-0.4, -0.2) is 11.0 Å². The maximum atomic E-state index is 6.14. The van der Waals surface area contributed by atoms with E-state index in [-0.39, 0.29) is 6.04 Å². The third kappa shape index (κ3) is 2.45. The third-order valence-electron chi connectivity index (χ3n) is 2.93. The van der Waals surface area contributed by atoms with Crippen molar-refractivity contribution in [2.24, 2.45) is 11.7 Å². The number of aromatic amines is 1. The summed E-state index contributed by atoms with van der Waals surface area (Å²) in [5, 5.41) is 1.31. The quantitative estimate of drug-likeness (QED) is 0.810. The second kappa shape index (κ2) is 4.71. The number of H-pyrrole nitrogens is 1. The molecule has 0 spiro atoms. The normalized spacial score (nSPS) is 13.5. The van der Waals surface area contributed by atoms with Crippen LogP contribution < -0.4 is 5.73 Å². The lowest BCUT2D eigenvalue weighted by atomic mass is 9.98. The number of hydrogen-bond donors (Lipinski definition) is 2. The summed E-state index contributed by atoms with van der Waals surface area (Å²) >= 11 is 0. The fraction of sp³-hybridized carbons (Fsp3) is 0.429. The molecule has 2 heteroatoms. The Morgan fingerprint density at radius 1 is 1.25 bits per heavy atom. The highest BCUT2D eigenvalue weighted by atomic mass is 14.7. The standard InChI is InChI=1S/C14H20N2/c1-10(2)7-12(15)8-11-9-16-14-6-4-3-5-13(11)14/h3-6,9-10,12,16H,7-8,15H2,1-2H3. The van der Waals surface area contributed by atoms with E-state index in [2.05, 4.69) is 49.3 Å². The van der Waals surface area contributed by atoms with E-state index in [0.29, 0.717) is 5.92 Å². The molecule has 1 atom stereocenters. The summed E-state index contributed by atoms with van der Waals surface area (Å²) in [5.74, 6) is 0.667. The molecule has 0 saturated carbocycles. The molecule has 0 radical (unpaired) electrons. The van der Waals surface area contributed by atoms with Gasteiger partial charge in [-0.05, 0) is 30.4 Å². The fourth-order valence-electron chi connectivity index (χ4n) is 2.27. The van der Waals surface area contributed by atoms with Gasteiger partial charge in [-0.2, -0.15) is 0 Å². The summed E-state index contributed by atoms with van der Waals surface area (Å²) in [6, 6.07) is 8.65. The molecule has 1 heterocycles. The van der Waals surface area contributed by atoms with Gasteiger partial charge in [-0.25, -0.2) is 0 Å². The predicted molar refractivity (Wildman–Crippen MR) is 69.4 cm³/mol. The van der Waals surface area contributed by atoms with E-state index >= 15 is 0 Å². The Morgan fingerprint density at radius 3 is 2.75 bits per heavy atom. The zero-order valence-electron chi connectivity index (χ0n) is 10.0. The highest BCUT2D eigenvalue weighted by Crippen LogP contribution is 2.19. The monoisotopic (exact) mass is 216 g/mol. The molecule has 0 fully saturated rings. The molecule has 0 aliphatic carbocycles. The van der Waals surface area contributed by atoms with E-state index in [1.54, 1.807) is 0 Å². The van der Waals surface area contributed by atoms with Crippen LogP contribution in [0.4, 0.5) is 0 Å². The molecule has 3 N–H and O–H groups in total. The van der Waals surface area contributed by atoms with Gasteiger partial charge in [-0.3, -0.25) is 0 Å². The largest absolute Gasteiger partial charge is 0.361 e. The van der Waals surface area contributed by atoms with Crippen molar-refractivity contribution in [1.29, 1.82) is 0 Å². The van der Waals surface area contributed by atoms with Crippen LogP contribution in [-0.2, 0) is 6.42 Å². The van der Waals surface area contributed by atoms with Gasteiger partial charge in [0, 0.05) is 23.1 Å². The first-order valence-electron chi connectivity index (χ1n) is 5.97. The van der Waals surface area contributed by atoms with Crippen molar-refractivity contribution >= 4 is 10.9 Å². The molecule has 0 aliphatic rings. The number of para-hydroxylation sites is 1. The second-order valence-electron chi connectivity index (χ2n) is 4.95. The SMILES string of the molecule is CC(C)CC(N)Cc1c[nH]c2ccccc12. The lowest BCUT2D eigenvalue weighted by molar-refractivity contribution is 0.494. The predicted octanol–water partition coefficient (Wildman–Crippen LogP) is 3.08. The van der Waals surface area contributed by atoms with Crippen LogP contribution >= 0.6 is 0 Å². The highest BCUT2D eigenvalue weighted by Gasteiger charge is 2.09. The Bertz CT molecular complexity index is 456. The van der Waals surface area contributed by atoms with Crippen LogP contribution in [0.5, 0.6) is 0 Å². The number of aromatic nitrogens is 1. The molecular weight excluding hydrogens is 196 g/mol. The Morgan fingerprint density at radius 2 is 2.00 bits per heavy atom. The Balaban J connectivity index is 2.15. The number of benzene rings is 1. The Labute approximate surface area is 96.9 Å². The second-order valence-corrected chi connectivity index (χ2v) is 4.95. The van der Waals surface area contributed by atoms with Gasteiger partial charge in [0.2, 0.25) is 0 Å². The zero-order valence-corrected chi connectivity index (χ0v) is 10.0. The first-order chi connectivity index (χ1) is 7.66. The highest BCUT2D eigenvalue weighted by molar-refractivity contribution is 5.83. The van der Waals surface area contributed by atoms with Gasteiger partial charge < -0.3 is 10.7 Å². The summed E-state index contributed by atoms with van der Waals surface area (Å²) in [6.07, 6.45) is 4.13. The molecule has 2 aromatic rings. The molecule has 16 heavy (non-hydrogen) atoms. The molecule has 2 rings (SSSR count). The molecule has 0 aliphatic heterocycles. The van der Waals surface area contributed by atoms with Gasteiger partial charge in [-0.1, -0.05) is 32.0 Å². The lowest BCUT2D eigenvalue weighted by Crippen LogP contribution is -2.24. The molecule has 0 bridgehead atoms. The molecular formula is C14H20N2. The van der Waals surface area contributed by atoms with Crippen molar-refractivity contribution in [3.63, 3.8) is 0 Å². The van der Waals surface area contributed by atoms with Gasteiger partial charge in [0.25, 0.3) is 0 Å². The lowest BCUT2D eigenvalue weighted by Gasteiger charge is -2.13. The van der Waals surface area contributed by atoms with Crippen LogP contribution in [0, 0.1) is 5.92 Å². The van der Waals surface area contributed by atoms with E-state index in [1.165, 1.54) is 16.5 Å². The smallest absolute Gasteiger partial charge is 0.0456 e. The van der Waals surface area contributed by atoms with E-state index in [1.807, 2.05) is 0 Å². The van der Waals surface area contributed by atoms with Crippen LogP contribution in [0.15, 0.2) is 30.5 Å². The number of nitrogens with two attached hydrogens (primary N) is 1. The number of rotatable bonds is 4. The number of nitrogens with one attached hydrogen (secondary N) is 1. The van der Waals surface area contributed by atoms with Crippen molar-refractivity contribution in [1.82, 2.24) is 4.98 Å². The zero-order chi connectivity index (χ0) is 11.5. The Hall–Kier alpha value is -1.28. The maximum Gasteiger partial charge on any atom is 0.0456 e. The minimum absolute atomic E-state index is 0.263. The minimum atomic E-state index is 0.263. The molecule has 1 unspecified atom stereocenters. The van der Waals surface area contributed by atoms with Crippen molar-refractivity contribution in [3.8, 4) is 0 Å².